The third-order valence-electron chi connectivity index (χ3n) is 3.69. The minimum atomic E-state index is -0.765. The van der Waals surface area contributed by atoms with Crippen LogP contribution < -0.4 is 0 Å². The van der Waals surface area contributed by atoms with Crippen molar-refractivity contribution in [2.75, 3.05) is 13.2 Å². The van der Waals surface area contributed by atoms with Crippen LogP contribution in [-0.2, 0) is 12.8 Å². The van der Waals surface area contributed by atoms with Crippen molar-refractivity contribution in [1.29, 1.82) is 0 Å². The van der Waals surface area contributed by atoms with Crippen LogP contribution in [0.1, 0.15) is 11.1 Å². The van der Waals surface area contributed by atoms with Crippen molar-refractivity contribution in [3.8, 4) is 0 Å². The standard InChI is InChI=1S/C17H18ClFO2/c18-16-14(7-4-8-15(16)19)10-17(11-20,12-21)9-13-5-2-1-3-6-13/h1-8,20-21H,9-12H2. The van der Waals surface area contributed by atoms with E-state index in [0.717, 1.165) is 5.56 Å². The first-order valence-electron chi connectivity index (χ1n) is 6.79. The summed E-state index contributed by atoms with van der Waals surface area (Å²) in [5, 5.41) is 19.6. The zero-order valence-corrected chi connectivity index (χ0v) is 12.4. The smallest absolute Gasteiger partial charge is 0.142 e. The number of aliphatic hydroxyl groups is 2. The van der Waals surface area contributed by atoms with Gasteiger partial charge in [0.15, 0.2) is 0 Å². The van der Waals surface area contributed by atoms with Gasteiger partial charge in [0.25, 0.3) is 0 Å². The van der Waals surface area contributed by atoms with Crippen LogP contribution in [0.25, 0.3) is 0 Å². The van der Waals surface area contributed by atoms with E-state index >= 15 is 0 Å². The molecule has 0 atom stereocenters. The van der Waals surface area contributed by atoms with Crippen molar-refractivity contribution in [3.63, 3.8) is 0 Å². The summed E-state index contributed by atoms with van der Waals surface area (Å²) in [7, 11) is 0. The second-order valence-electron chi connectivity index (χ2n) is 5.37. The molecule has 0 saturated carbocycles. The van der Waals surface area contributed by atoms with E-state index in [1.165, 1.54) is 6.07 Å². The third kappa shape index (κ3) is 3.82. The second-order valence-corrected chi connectivity index (χ2v) is 5.75. The molecule has 0 bridgehead atoms. The molecule has 2 aromatic carbocycles. The van der Waals surface area contributed by atoms with Gasteiger partial charge < -0.3 is 10.2 Å². The summed E-state index contributed by atoms with van der Waals surface area (Å²) in [4.78, 5) is 0. The van der Waals surface area contributed by atoms with Crippen LogP contribution in [0.3, 0.4) is 0 Å². The molecule has 0 unspecified atom stereocenters. The molecule has 0 fully saturated rings. The zero-order chi connectivity index (χ0) is 15.3. The molecule has 112 valence electrons. The number of halogens is 2. The largest absolute Gasteiger partial charge is 0.396 e. The van der Waals surface area contributed by atoms with E-state index in [4.69, 9.17) is 11.6 Å². The maximum Gasteiger partial charge on any atom is 0.142 e. The van der Waals surface area contributed by atoms with Crippen LogP contribution in [0.4, 0.5) is 4.39 Å². The minimum Gasteiger partial charge on any atom is -0.396 e. The van der Waals surface area contributed by atoms with Crippen LogP contribution in [0.15, 0.2) is 48.5 Å². The molecule has 0 aliphatic rings. The van der Waals surface area contributed by atoms with Crippen LogP contribution in [0.5, 0.6) is 0 Å². The Kier molecular flexibility index (Phi) is 5.34. The lowest BCUT2D eigenvalue weighted by Crippen LogP contribution is -2.35. The maximum atomic E-state index is 13.5. The molecule has 0 aromatic heterocycles. The monoisotopic (exact) mass is 308 g/mol. The lowest BCUT2D eigenvalue weighted by atomic mass is 9.78. The number of benzene rings is 2. The second kappa shape index (κ2) is 7.03. The quantitative estimate of drug-likeness (QED) is 0.860. The third-order valence-corrected chi connectivity index (χ3v) is 4.11. The molecule has 2 nitrogen and oxygen atoms in total. The molecule has 21 heavy (non-hydrogen) atoms. The SMILES string of the molecule is OCC(CO)(Cc1ccccc1)Cc1cccc(F)c1Cl. The first kappa shape index (κ1) is 16.0. The molecular formula is C17H18ClFO2. The van der Waals surface area contributed by atoms with Crippen molar-refractivity contribution in [2.24, 2.45) is 5.41 Å². The Balaban J connectivity index is 2.27. The van der Waals surface area contributed by atoms with E-state index in [1.54, 1.807) is 12.1 Å². The van der Waals surface area contributed by atoms with E-state index in [2.05, 4.69) is 0 Å². The average molecular weight is 309 g/mol. The fourth-order valence-corrected chi connectivity index (χ4v) is 2.65. The number of aliphatic hydroxyl groups excluding tert-OH is 2. The highest BCUT2D eigenvalue weighted by atomic mass is 35.5. The minimum absolute atomic E-state index is 0.0526. The molecule has 4 heteroatoms. The Hall–Kier alpha value is -1.42. The van der Waals surface area contributed by atoms with Gasteiger partial charge in [-0.2, -0.15) is 0 Å². The van der Waals surface area contributed by atoms with Crippen molar-refractivity contribution in [3.05, 3.63) is 70.5 Å². The van der Waals surface area contributed by atoms with Crippen molar-refractivity contribution < 1.29 is 14.6 Å². The Morgan fingerprint density at radius 1 is 0.905 bits per heavy atom. The van der Waals surface area contributed by atoms with E-state index in [0.29, 0.717) is 18.4 Å². The predicted octanol–water partition coefficient (Wildman–Crippen LogP) is 3.24. The van der Waals surface area contributed by atoms with Crippen molar-refractivity contribution in [1.82, 2.24) is 0 Å². The van der Waals surface area contributed by atoms with Crippen LogP contribution in [-0.4, -0.2) is 23.4 Å². The van der Waals surface area contributed by atoms with Gasteiger partial charge in [0.2, 0.25) is 0 Å². The van der Waals surface area contributed by atoms with Crippen LogP contribution >= 0.6 is 11.6 Å². The molecule has 0 heterocycles. The molecule has 2 N–H and O–H groups in total. The summed E-state index contributed by atoms with van der Waals surface area (Å²) in [6.45, 7) is -0.406. The Morgan fingerprint density at radius 3 is 2.19 bits per heavy atom. The topological polar surface area (TPSA) is 40.5 Å². The van der Waals surface area contributed by atoms with E-state index in [1.807, 2.05) is 30.3 Å². The van der Waals surface area contributed by atoms with Gasteiger partial charge in [0.05, 0.1) is 18.2 Å². The fraction of sp³-hybridized carbons (Fsp3) is 0.294. The zero-order valence-electron chi connectivity index (χ0n) is 11.6. The number of hydrogen-bond donors (Lipinski definition) is 2. The van der Waals surface area contributed by atoms with Gasteiger partial charge in [-0.05, 0) is 30.0 Å². The first-order valence-corrected chi connectivity index (χ1v) is 7.16. The first-order chi connectivity index (χ1) is 10.1. The Morgan fingerprint density at radius 2 is 1.57 bits per heavy atom. The van der Waals surface area contributed by atoms with E-state index in [9.17, 15) is 14.6 Å². The van der Waals surface area contributed by atoms with E-state index < -0.39 is 11.2 Å². The van der Waals surface area contributed by atoms with Gasteiger partial charge in [0, 0.05) is 5.41 Å². The van der Waals surface area contributed by atoms with Crippen LogP contribution in [0.2, 0.25) is 5.02 Å². The van der Waals surface area contributed by atoms with Gasteiger partial charge in [-0.25, -0.2) is 4.39 Å². The Labute approximate surface area is 128 Å². The van der Waals surface area contributed by atoms with Crippen molar-refractivity contribution >= 4 is 11.6 Å². The maximum absolute atomic E-state index is 13.5. The molecule has 0 radical (unpaired) electrons. The fourth-order valence-electron chi connectivity index (χ4n) is 2.45. The highest BCUT2D eigenvalue weighted by molar-refractivity contribution is 6.31. The molecular weight excluding hydrogens is 291 g/mol. The summed E-state index contributed by atoms with van der Waals surface area (Å²) in [6.07, 6.45) is 0.805. The molecule has 0 spiro atoms. The van der Waals surface area contributed by atoms with Gasteiger partial charge in [-0.3, -0.25) is 0 Å². The number of hydrogen-bond acceptors (Lipinski definition) is 2. The molecule has 2 aromatic rings. The summed E-state index contributed by atoms with van der Waals surface area (Å²) < 4.78 is 13.5. The summed E-state index contributed by atoms with van der Waals surface area (Å²) in [5.74, 6) is -0.487. The molecule has 0 saturated heterocycles. The summed E-state index contributed by atoms with van der Waals surface area (Å²) >= 11 is 5.98. The highest BCUT2D eigenvalue weighted by Crippen LogP contribution is 2.31. The van der Waals surface area contributed by atoms with Crippen molar-refractivity contribution in [2.45, 2.75) is 12.8 Å². The molecule has 0 amide bonds. The average Bonchev–Trinajstić information content (AvgIpc) is 2.52. The number of rotatable bonds is 6. The van der Waals surface area contributed by atoms with Gasteiger partial charge in [-0.15, -0.1) is 0 Å². The summed E-state index contributed by atoms with van der Waals surface area (Å²) in [5.41, 5.74) is 0.836. The lowest BCUT2D eigenvalue weighted by molar-refractivity contribution is 0.0547. The molecule has 0 aliphatic heterocycles. The Bertz CT molecular complexity index is 583. The predicted molar refractivity (Wildman–Crippen MR) is 81.9 cm³/mol. The molecule has 0 aliphatic carbocycles. The highest BCUT2D eigenvalue weighted by Gasteiger charge is 2.30. The van der Waals surface area contributed by atoms with Gasteiger partial charge in [-0.1, -0.05) is 54.1 Å². The molecule has 2 rings (SSSR count). The normalized spacial score (nSPS) is 11.6. The van der Waals surface area contributed by atoms with Gasteiger partial charge >= 0.3 is 0 Å². The van der Waals surface area contributed by atoms with Crippen LogP contribution in [0, 0.1) is 11.2 Å². The summed E-state index contributed by atoms with van der Waals surface area (Å²) in [6, 6.07) is 14.2. The van der Waals surface area contributed by atoms with Gasteiger partial charge in [0.1, 0.15) is 5.82 Å². The lowest BCUT2D eigenvalue weighted by Gasteiger charge is -2.30. The van der Waals surface area contributed by atoms with E-state index in [-0.39, 0.29) is 18.2 Å².